The second-order valence-corrected chi connectivity index (χ2v) is 10.6. The first-order chi connectivity index (χ1) is 16.4. The summed E-state index contributed by atoms with van der Waals surface area (Å²) in [5.74, 6) is -0.0639. The molecular weight excluding hydrogens is 450 g/mol. The van der Waals surface area contributed by atoms with Crippen molar-refractivity contribution in [3.8, 4) is 12.1 Å². The molecule has 9 heteroatoms. The third kappa shape index (κ3) is 5.06. The number of rotatable bonds is 4. The molecule has 1 amide bonds. The quantitative estimate of drug-likeness (QED) is 0.670. The fourth-order valence-corrected chi connectivity index (χ4v) is 6.06. The Kier molecular flexibility index (Phi) is 7.16. The van der Waals surface area contributed by atoms with Crippen LogP contribution in [0.2, 0.25) is 0 Å². The van der Waals surface area contributed by atoms with E-state index in [0.717, 1.165) is 25.2 Å². The third-order valence-corrected chi connectivity index (χ3v) is 8.51. The molecule has 2 saturated heterocycles. The molecule has 34 heavy (non-hydrogen) atoms. The normalized spacial score (nSPS) is 18.1. The average molecular weight is 478 g/mol. The maximum absolute atomic E-state index is 13.2. The van der Waals surface area contributed by atoms with Gasteiger partial charge in [0.2, 0.25) is 15.9 Å². The van der Waals surface area contributed by atoms with Crippen molar-refractivity contribution in [2.75, 3.05) is 44.2 Å². The first-order valence-electron chi connectivity index (χ1n) is 11.5. The van der Waals surface area contributed by atoms with Crippen molar-refractivity contribution in [3.05, 3.63) is 59.7 Å². The number of benzene rings is 2. The Labute approximate surface area is 200 Å². The van der Waals surface area contributed by atoms with Crippen molar-refractivity contribution in [2.24, 2.45) is 5.92 Å². The second kappa shape index (κ2) is 10.3. The number of carbonyl (C=O) groups excluding carboxylic acids is 1. The van der Waals surface area contributed by atoms with Gasteiger partial charge in [0.1, 0.15) is 0 Å². The van der Waals surface area contributed by atoms with E-state index < -0.39 is 10.0 Å². The van der Waals surface area contributed by atoms with Gasteiger partial charge < -0.3 is 9.80 Å². The number of sulfonamides is 1. The van der Waals surface area contributed by atoms with E-state index in [2.05, 4.69) is 11.0 Å². The van der Waals surface area contributed by atoms with Gasteiger partial charge in [-0.15, -0.1) is 0 Å². The summed E-state index contributed by atoms with van der Waals surface area (Å²) in [6.45, 7) is 3.51. The summed E-state index contributed by atoms with van der Waals surface area (Å²) in [5, 5.41) is 17.9. The van der Waals surface area contributed by atoms with Gasteiger partial charge in [-0.1, -0.05) is 0 Å². The topological polar surface area (TPSA) is 109 Å². The minimum Gasteiger partial charge on any atom is -0.370 e. The Morgan fingerprint density at radius 3 is 1.97 bits per heavy atom. The standard InChI is InChI=1S/C25H27N5O3S/c26-18-20-2-6-23(7-3-20)28-12-1-13-29(17-16-28)25(31)22-10-14-30(15-11-22)34(32,33)24-8-4-21(19-27)5-9-24/h2-9,22H,1,10-17H2. The van der Waals surface area contributed by atoms with Gasteiger partial charge in [-0.2, -0.15) is 14.8 Å². The van der Waals surface area contributed by atoms with Crippen LogP contribution in [0.1, 0.15) is 30.4 Å². The van der Waals surface area contributed by atoms with E-state index in [9.17, 15) is 13.2 Å². The van der Waals surface area contributed by atoms with Crippen LogP contribution >= 0.6 is 0 Å². The number of nitriles is 2. The van der Waals surface area contributed by atoms with Gasteiger partial charge in [-0.05, 0) is 67.8 Å². The minimum atomic E-state index is -3.64. The van der Waals surface area contributed by atoms with Crippen LogP contribution in [-0.2, 0) is 14.8 Å². The fourth-order valence-electron chi connectivity index (χ4n) is 4.59. The Balaban J connectivity index is 1.33. The molecule has 0 radical (unpaired) electrons. The predicted molar refractivity (Wildman–Crippen MR) is 127 cm³/mol. The van der Waals surface area contributed by atoms with Crippen molar-refractivity contribution in [3.63, 3.8) is 0 Å². The van der Waals surface area contributed by atoms with Crippen molar-refractivity contribution >= 4 is 21.6 Å². The lowest BCUT2D eigenvalue weighted by molar-refractivity contribution is -0.136. The molecule has 0 unspecified atom stereocenters. The Bertz CT molecular complexity index is 1210. The summed E-state index contributed by atoms with van der Waals surface area (Å²) in [6, 6.07) is 17.6. The lowest BCUT2D eigenvalue weighted by Crippen LogP contribution is -2.45. The highest BCUT2D eigenvalue weighted by atomic mass is 32.2. The number of nitrogens with zero attached hydrogens (tertiary/aromatic N) is 5. The molecule has 0 spiro atoms. The van der Waals surface area contributed by atoms with Crippen LogP contribution in [0.5, 0.6) is 0 Å². The molecule has 2 aliphatic heterocycles. The summed E-state index contributed by atoms with van der Waals surface area (Å²) >= 11 is 0. The number of anilines is 1. The lowest BCUT2D eigenvalue weighted by atomic mass is 9.96. The van der Waals surface area contributed by atoms with Crippen molar-refractivity contribution in [1.29, 1.82) is 10.5 Å². The molecule has 0 aromatic heterocycles. The predicted octanol–water partition coefficient (Wildman–Crippen LogP) is 2.57. The van der Waals surface area contributed by atoms with Crippen LogP contribution in [0.3, 0.4) is 0 Å². The Hall–Kier alpha value is -3.40. The highest BCUT2D eigenvalue weighted by molar-refractivity contribution is 7.89. The van der Waals surface area contributed by atoms with E-state index in [1.807, 2.05) is 35.2 Å². The highest BCUT2D eigenvalue weighted by Crippen LogP contribution is 2.26. The van der Waals surface area contributed by atoms with E-state index >= 15 is 0 Å². The molecule has 4 rings (SSSR count). The number of amides is 1. The van der Waals surface area contributed by atoms with Gasteiger partial charge in [-0.3, -0.25) is 4.79 Å². The number of hydrogen-bond donors (Lipinski definition) is 0. The molecule has 0 saturated carbocycles. The molecule has 2 aliphatic rings. The molecule has 8 nitrogen and oxygen atoms in total. The monoisotopic (exact) mass is 477 g/mol. The number of hydrogen-bond acceptors (Lipinski definition) is 6. The van der Waals surface area contributed by atoms with Gasteiger partial charge in [0, 0.05) is 50.9 Å². The van der Waals surface area contributed by atoms with Crippen LogP contribution in [-0.4, -0.2) is 62.8 Å². The highest BCUT2D eigenvalue weighted by Gasteiger charge is 2.34. The van der Waals surface area contributed by atoms with Crippen molar-refractivity contribution < 1.29 is 13.2 Å². The van der Waals surface area contributed by atoms with Crippen molar-refractivity contribution in [2.45, 2.75) is 24.2 Å². The van der Waals surface area contributed by atoms with E-state index in [-0.39, 0.29) is 16.7 Å². The SMILES string of the molecule is N#Cc1ccc(N2CCCN(C(=O)C3CCN(S(=O)(=O)c4ccc(C#N)cc4)CC3)CC2)cc1. The molecular formula is C25H27N5O3S. The molecule has 2 aromatic rings. The van der Waals surface area contributed by atoms with Crippen LogP contribution in [0.4, 0.5) is 5.69 Å². The molecule has 0 bridgehead atoms. The van der Waals surface area contributed by atoms with Gasteiger partial charge >= 0.3 is 0 Å². The van der Waals surface area contributed by atoms with Crippen LogP contribution in [0, 0.1) is 28.6 Å². The zero-order valence-electron chi connectivity index (χ0n) is 18.9. The Morgan fingerprint density at radius 1 is 0.794 bits per heavy atom. The second-order valence-electron chi connectivity index (χ2n) is 8.64. The lowest BCUT2D eigenvalue weighted by Gasteiger charge is -2.33. The maximum atomic E-state index is 13.2. The van der Waals surface area contributed by atoms with Crippen molar-refractivity contribution in [1.82, 2.24) is 9.21 Å². The van der Waals surface area contributed by atoms with Gasteiger partial charge in [0.15, 0.2) is 0 Å². The van der Waals surface area contributed by atoms with Gasteiger partial charge in [0.25, 0.3) is 0 Å². The molecule has 2 aromatic carbocycles. The van der Waals surface area contributed by atoms with Crippen LogP contribution in [0.15, 0.2) is 53.4 Å². The Morgan fingerprint density at radius 2 is 1.38 bits per heavy atom. The molecule has 0 aliphatic carbocycles. The zero-order chi connectivity index (χ0) is 24.1. The largest absolute Gasteiger partial charge is 0.370 e. The third-order valence-electron chi connectivity index (χ3n) is 6.59. The summed E-state index contributed by atoms with van der Waals surface area (Å²) in [7, 11) is -3.64. The molecule has 176 valence electrons. The fraction of sp³-hybridized carbons (Fsp3) is 0.400. The van der Waals surface area contributed by atoms with Gasteiger partial charge in [-0.25, -0.2) is 8.42 Å². The minimum absolute atomic E-state index is 0.108. The van der Waals surface area contributed by atoms with E-state index in [1.54, 1.807) is 0 Å². The van der Waals surface area contributed by atoms with E-state index in [1.165, 1.54) is 28.6 Å². The molecule has 0 N–H and O–H groups in total. The number of piperidine rings is 1. The average Bonchev–Trinajstić information content (AvgIpc) is 3.15. The summed E-state index contributed by atoms with van der Waals surface area (Å²) in [5.41, 5.74) is 2.09. The first kappa shape index (κ1) is 23.7. The summed E-state index contributed by atoms with van der Waals surface area (Å²) < 4.78 is 27.3. The zero-order valence-corrected chi connectivity index (χ0v) is 19.7. The molecule has 0 atom stereocenters. The molecule has 2 fully saturated rings. The summed E-state index contributed by atoms with van der Waals surface area (Å²) in [6.07, 6.45) is 1.87. The molecule has 2 heterocycles. The maximum Gasteiger partial charge on any atom is 0.243 e. The number of carbonyl (C=O) groups is 1. The van der Waals surface area contributed by atoms with Crippen LogP contribution in [0.25, 0.3) is 0 Å². The smallest absolute Gasteiger partial charge is 0.243 e. The van der Waals surface area contributed by atoms with Crippen LogP contribution < -0.4 is 4.90 Å². The van der Waals surface area contributed by atoms with Gasteiger partial charge in [0.05, 0.1) is 28.2 Å². The summed E-state index contributed by atoms with van der Waals surface area (Å²) in [4.78, 5) is 17.5. The first-order valence-corrected chi connectivity index (χ1v) is 12.9. The van der Waals surface area contributed by atoms with E-state index in [0.29, 0.717) is 50.1 Å². The van der Waals surface area contributed by atoms with E-state index in [4.69, 9.17) is 10.5 Å².